The normalized spacial score (nSPS) is 14.8. The molecule has 0 spiro atoms. The van der Waals surface area contributed by atoms with Gasteiger partial charge in [-0.3, -0.25) is 9.69 Å². The summed E-state index contributed by atoms with van der Waals surface area (Å²) in [7, 11) is 0. The van der Waals surface area contributed by atoms with Crippen molar-refractivity contribution in [2.24, 2.45) is 0 Å². The Morgan fingerprint density at radius 2 is 1.74 bits per heavy atom. The van der Waals surface area contributed by atoms with E-state index >= 15 is 0 Å². The van der Waals surface area contributed by atoms with E-state index in [9.17, 15) is 22.4 Å². The second-order valence-electron chi connectivity index (χ2n) is 7.04. The maximum Gasteiger partial charge on any atom is 0.320 e. The SMILES string of the molecule is O=C(CN1CCCN(C(=S)Nc2c(F)cc(F)c(F)c2F)CC1)OCc1ccccc1. The van der Waals surface area contributed by atoms with Crippen LogP contribution in [0.15, 0.2) is 36.4 Å². The Morgan fingerprint density at radius 1 is 1.00 bits per heavy atom. The molecule has 1 saturated heterocycles. The molecule has 0 bridgehead atoms. The van der Waals surface area contributed by atoms with Crippen molar-refractivity contribution in [1.29, 1.82) is 0 Å². The summed E-state index contributed by atoms with van der Waals surface area (Å²) in [5.41, 5.74) is 0.0560. The average molecular weight is 455 g/mol. The van der Waals surface area contributed by atoms with Gasteiger partial charge >= 0.3 is 5.97 Å². The summed E-state index contributed by atoms with van der Waals surface area (Å²) in [4.78, 5) is 15.7. The fourth-order valence-corrected chi connectivity index (χ4v) is 3.45. The molecule has 0 aliphatic carbocycles. The number of nitrogens with one attached hydrogen (secondary N) is 1. The molecule has 0 atom stereocenters. The number of esters is 1. The van der Waals surface area contributed by atoms with Crippen molar-refractivity contribution in [3.05, 3.63) is 65.2 Å². The molecule has 0 unspecified atom stereocenters. The number of nitrogens with zero attached hydrogens (tertiary/aromatic N) is 2. The van der Waals surface area contributed by atoms with Gasteiger partial charge in [0.25, 0.3) is 0 Å². The lowest BCUT2D eigenvalue weighted by molar-refractivity contribution is -0.146. The topological polar surface area (TPSA) is 44.8 Å². The smallest absolute Gasteiger partial charge is 0.320 e. The van der Waals surface area contributed by atoms with Crippen LogP contribution in [0.3, 0.4) is 0 Å². The van der Waals surface area contributed by atoms with Crippen molar-refractivity contribution < 1.29 is 27.1 Å². The molecule has 0 aromatic heterocycles. The molecule has 1 aliphatic heterocycles. The first-order valence-corrected chi connectivity index (χ1v) is 10.1. The maximum absolute atomic E-state index is 13.9. The zero-order chi connectivity index (χ0) is 22.4. The third-order valence-electron chi connectivity index (χ3n) is 4.82. The van der Waals surface area contributed by atoms with Gasteiger partial charge in [0.15, 0.2) is 28.4 Å². The quantitative estimate of drug-likeness (QED) is 0.244. The van der Waals surface area contributed by atoms with Crippen LogP contribution in [-0.4, -0.2) is 53.6 Å². The Morgan fingerprint density at radius 3 is 2.48 bits per heavy atom. The molecule has 0 amide bonds. The van der Waals surface area contributed by atoms with Crippen molar-refractivity contribution >= 4 is 29.0 Å². The second kappa shape index (κ2) is 10.5. The molecule has 1 N–H and O–H groups in total. The summed E-state index contributed by atoms with van der Waals surface area (Å²) in [6.45, 7) is 2.21. The van der Waals surface area contributed by atoms with Crippen molar-refractivity contribution in [1.82, 2.24) is 9.80 Å². The number of carbonyl (C=O) groups excluding carboxylic acids is 1. The van der Waals surface area contributed by atoms with Gasteiger partial charge in [-0.2, -0.15) is 0 Å². The van der Waals surface area contributed by atoms with Crippen LogP contribution >= 0.6 is 12.2 Å². The zero-order valence-electron chi connectivity index (χ0n) is 16.5. The highest BCUT2D eigenvalue weighted by molar-refractivity contribution is 7.80. The summed E-state index contributed by atoms with van der Waals surface area (Å²) in [5, 5.41) is 2.31. The molecule has 2 aromatic rings. The lowest BCUT2D eigenvalue weighted by Gasteiger charge is -2.24. The van der Waals surface area contributed by atoms with Crippen LogP contribution in [0.1, 0.15) is 12.0 Å². The standard InChI is InChI=1S/C21H21F4N3O2S/c22-15-11-16(23)20(19(25)18(15)24)26-21(31)28-8-4-7-27(9-10-28)12-17(29)30-13-14-5-2-1-3-6-14/h1-3,5-6,11H,4,7-10,12-13H2,(H,26,31). The first kappa shape index (κ1) is 23.0. The van der Waals surface area contributed by atoms with Crippen LogP contribution in [0.4, 0.5) is 23.2 Å². The summed E-state index contributed by atoms with van der Waals surface area (Å²) in [6.07, 6.45) is 0.635. The largest absolute Gasteiger partial charge is 0.460 e. The molecular weight excluding hydrogens is 434 g/mol. The highest BCUT2D eigenvalue weighted by atomic mass is 32.1. The van der Waals surface area contributed by atoms with E-state index in [1.165, 1.54) is 0 Å². The zero-order valence-corrected chi connectivity index (χ0v) is 17.4. The number of rotatable bonds is 5. The molecule has 0 saturated carbocycles. The van der Waals surface area contributed by atoms with Crippen LogP contribution in [0.5, 0.6) is 0 Å². The molecule has 1 fully saturated rings. The Bertz CT molecular complexity index is 946. The lowest BCUT2D eigenvalue weighted by Crippen LogP contribution is -2.39. The predicted molar refractivity (Wildman–Crippen MR) is 111 cm³/mol. The highest BCUT2D eigenvalue weighted by Crippen LogP contribution is 2.24. The molecule has 31 heavy (non-hydrogen) atoms. The van der Waals surface area contributed by atoms with E-state index in [1.807, 2.05) is 35.2 Å². The first-order valence-electron chi connectivity index (χ1n) is 9.66. The van der Waals surface area contributed by atoms with Crippen LogP contribution < -0.4 is 5.32 Å². The van der Waals surface area contributed by atoms with Gasteiger partial charge in [0.1, 0.15) is 12.3 Å². The summed E-state index contributed by atoms with van der Waals surface area (Å²) in [6, 6.07) is 9.59. The van der Waals surface area contributed by atoms with Crippen molar-refractivity contribution in [2.75, 3.05) is 38.0 Å². The fraction of sp³-hybridized carbons (Fsp3) is 0.333. The monoisotopic (exact) mass is 455 g/mol. The Balaban J connectivity index is 1.51. The number of thiocarbonyl (C=S) groups is 1. The van der Waals surface area contributed by atoms with E-state index in [1.54, 1.807) is 4.90 Å². The van der Waals surface area contributed by atoms with Gasteiger partial charge in [-0.15, -0.1) is 0 Å². The molecule has 5 nitrogen and oxygen atoms in total. The average Bonchev–Trinajstić information content (AvgIpc) is 3.00. The first-order chi connectivity index (χ1) is 14.8. The Hall–Kier alpha value is -2.72. The Kier molecular flexibility index (Phi) is 7.80. The fourth-order valence-electron chi connectivity index (χ4n) is 3.17. The number of ether oxygens (including phenoxy) is 1. The molecule has 2 aromatic carbocycles. The van der Waals surface area contributed by atoms with E-state index in [-0.39, 0.29) is 30.3 Å². The number of benzene rings is 2. The van der Waals surface area contributed by atoms with E-state index in [2.05, 4.69) is 5.32 Å². The predicted octanol–water partition coefficient (Wildman–Crippen LogP) is 3.69. The molecular formula is C21H21F4N3O2S. The molecule has 10 heteroatoms. The maximum atomic E-state index is 13.9. The number of halogens is 4. The van der Waals surface area contributed by atoms with E-state index in [4.69, 9.17) is 17.0 Å². The molecule has 0 radical (unpaired) electrons. The van der Waals surface area contributed by atoms with Gasteiger partial charge in [0.2, 0.25) is 0 Å². The van der Waals surface area contributed by atoms with Gasteiger partial charge in [0, 0.05) is 32.2 Å². The van der Waals surface area contributed by atoms with Crippen molar-refractivity contribution in [3.63, 3.8) is 0 Å². The molecule has 1 heterocycles. The molecule has 166 valence electrons. The minimum atomic E-state index is -1.78. The van der Waals surface area contributed by atoms with Crippen molar-refractivity contribution in [3.8, 4) is 0 Å². The number of carbonyl (C=O) groups is 1. The van der Waals surface area contributed by atoms with Crippen LogP contribution in [0.2, 0.25) is 0 Å². The lowest BCUT2D eigenvalue weighted by atomic mass is 10.2. The summed E-state index contributed by atoms with van der Waals surface area (Å²) >= 11 is 5.19. The third kappa shape index (κ3) is 6.14. The van der Waals surface area contributed by atoms with Crippen LogP contribution in [0.25, 0.3) is 0 Å². The number of anilines is 1. The highest BCUT2D eigenvalue weighted by Gasteiger charge is 2.23. The van der Waals surface area contributed by atoms with Crippen LogP contribution in [-0.2, 0) is 16.1 Å². The van der Waals surface area contributed by atoms with E-state index in [0.717, 1.165) is 5.56 Å². The summed E-state index contributed by atoms with van der Waals surface area (Å²) < 4.78 is 59.5. The number of hydrogen-bond acceptors (Lipinski definition) is 4. The van der Waals surface area contributed by atoms with Crippen LogP contribution in [0, 0.1) is 23.3 Å². The second-order valence-corrected chi connectivity index (χ2v) is 7.42. The third-order valence-corrected chi connectivity index (χ3v) is 5.18. The Labute approximate surface area is 182 Å². The van der Waals surface area contributed by atoms with E-state index < -0.39 is 29.0 Å². The minimum Gasteiger partial charge on any atom is -0.460 e. The summed E-state index contributed by atoms with van der Waals surface area (Å²) in [5.74, 6) is -6.70. The van der Waals surface area contributed by atoms with E-state index in [0.29, 0.717) is 32.6 Å². The van der Waals surface area contributed by atoms with Gasteiger partial charge in [-0.25, -0.2) is 17.6 Å². The molecule has 1 aliphatic rings. The van der Waals surface area contributed by atoms with Gasteiger partial charge in [-0.05, 0) is 24.2 Å². The van der Waals surface area contributed by atoms with Gasteiger partial charge in [-0.1, -0.05) is 30.3 Å². The van der Waals surface area contributed by atoms with Gasteiger partial charge in [0.05, 0.1) is 6.54 Å². The minimum absolute atomic E-state index is 0.0164. The van der Waals surface area contributed by atoms with Crippen molar-refractivity contribution in [2.45, 2.75) is 13.0 Å². The molecule has 3 rings (SSSR count). The van der Waals surface area contributed by atoms with Gasteiger partial charge < -0.3 is 15.0 Å². The number of hydrogen-bond donors (Lipinski definition) is 1.